The number of benzene rings is 2. The predicted octanol–water partition coefficient (Wildman–Crippen LogP) is 6.30. The van der Waals surface area contributed by atoms with Gasteiger partial charge >= 0.3 is 5.97 Å². The fraction of sp³-hybridized carbons (Fsp3) is 0.286. The lowest BCUT2D eigenvalue weighted by Crippen LogP contribution is -2.24. The van der Waals surface area contributed by atoms with E-state index in [1.165, 1.54) is 7.11 Å². The molecule has 0 aliphatic rings. The standard InChI is InChI=1S/C28H29ClN2O4/c1-18-16-24(29)19(2)31(18)26(28(32)33-4)17-21-10-12-23(13-11-21)34-15-14-25-20(3)35-27(30-25)22-8-6-5-7-9-22/h5-13,16,26H,14-15,17H2,1-4H3. The summed E-state index contributed by atoms with van der Waals surface area (Å²) in [5.41, 5.74) is 4.60. The highest BCUT2D eigenvalue weighted by atomic mass is 35.5. The normalized spacial score (nSPS) is 11.9. The molecule has 0 aliphatic heterocycles. The number of carbonyl (C=O) groups excluding carboxylic acids is 1. The molecule has 1 atom stereocenters. The monoisotopic (exact) mass is 492 g/mol. The van der Waals surface area contributed by atoms with Crippen LogP contribution in [-0.2, 0) is 22.4 Å². The van der Waals surface area contributed by atoms with Crippen LogP contribution in [0.25, 0.3) is 11.5 Å². The van der Waals surface area contributed by atoms with Crippen molar-refractivity contribution < 1.29 is 18.7 Å². The number of nitrogens with zero attached hydrogens (tertiary/aromatic N) is 2. The third kappa shape index (κ3) is 5.60. The molecule has 1 unspecified atom stereocenters. The third-order valence-corrected chi connectivity index (χ3v) is 6.46. The number of carbonyl (C=O) groups is 1. The summed E-state index contributed by atoms with van der Waals surface area (Å²) < 4.78 is 18.8. The van der Waals surface area contributed by atoms with Crippen LogP contribution < -0.4 is 4.74 Å². The zero-order chi connectivity index (χ0) is 24.9. The number of hydrogen-bond acceptors (Lipinski definition) is 5. The van der Waals surface area contributed by atoms with E-state index >= 15 is 0 Å². The van der Waals surface area contributed by atoms with Crippen LogP contribution in [0.5, 0.6) is 5.75 Å². The maximum Gasteiger partial charge on any atom is 0.329 e. The number of aromatic nitrogens is 2. The summed E-state index contributed by atoms with van der Waals surface area (Å²) in [6.45, 7) is 6.24. The smallest absolute Gasteiger partial charge is 0.329 e. The van der Waals surface area contributed by atoms with E-state index in [0.717, 1.165) is 39.7 Å². The maximum absolute atomic E-state index is 12.6. The molecule has 6 nitrogen and oxygen atoms in total. The van der Waals surface area contributed by atoms with Gasteiger partial charge in [0.2, 0.25) is 5.89 Å². The quantitative estimate of drug-likeness (QED) is 0.256. The molecule has 0 amide bonds. The Morgan fingerprint density at radius 3 is 2.43 bits per heavy atom. The third-order valence-electron chi connectivity index (χ3n) is 6.08. The lowest BCUT2D eigenvalue weighted by molar-refractivity contribution is -0.144. The Balaban J connectivity index is 1.38. The van der Waals surface area contributed by atoms with Gasteiger partial charge in [-0.2, -0.15) is 0 Å². The SMILES string of the molecule is COC(=O)C(Cc1ccc(OCCc2nc(-c3ccccc3)oc2C)cc1)n1c(C)cc(Cl)c1C. The van der Waals surface area contributed by atoms with Crippen molar-refractivity contribution in [3.63, 3.8) is 0 Å². The number of ether oxygens (including phenoxy) is 2. The lowest BCUT2D eigenvalue weighted by atomic mass is 10.0. The van der Waals surface area contributed by atoms with Gasteiger partial charge < -0.3 is 18.5 Å². The summed E-state index contributed by atoms with van der Waals surface area (Å²) in [7, 11) is 1.40. The molecule has 2 aromatic heterocycles. The Labute approximate surface area is 210 Å². The molecule has 0 N–H and O–H groups in total. The minimum Gasteiger partial charge on any atom is -0.493 e. The van der Waals surface area contributed by atoms with Crippen molar-refractivity contribution in [1.82, 2.24) is 9.55 Å². The molecule has 0 saturated carbocycles. The number of hydrogen-bond donors (Lipinski definition) is 0. The molecule has 0 saturated heterocycles. The van der Waals surface area contributed by atoms with Crippen LogP contribution in [-0.4, -0.2) is 29.2 Å². The number of aryl methyl sites for hydroxylation is 2. The molecule has 182 valence electrons. The number of rotatable bonds is 9. The first-order valence-corrected chi connectivity index (χ1v) is 11.9. The average Bonchev–Trinajstić information content (AvgIpc) is 3.36. The van der Waals surface area contributed by atoms with Gasteiger partial charge in [-0.15, -0.1) is 0 Å². The van der Waals surface area contributed by atoms with Gasteiger partial charge in [0.15, 0.2) is 0 Å². The van der Waals surface area contributed by atoms with Gasteiger partial charge in [-0.25, -0.2) is 9.78 Å². The topological polar surface area (TPSA) is 66.5 Å². The molecule has 2 heterocycles. The van der Waals surface area contributed by atoms with Crippen molar-refractivity contribution in [2.24, 2.45) is 0 Å². The molecule has 35 heavy (non-hydrogen) atoms. The Kier molecular flexibility index (Phi) is 7.61. The van der Waals surface area contributed by atoms with Gasteiger partial charge in [-0.05, 0) is 56.7 Å². The molecule has 4 aromatic rings. The number of halogens is 1. The van der Waals surface area contributed by atoms with Gasteiger partial charge in [0.05, 0.1) is 24.4 Å². The Morgan fingerprint density at radius 1 is 1.09 bits per heavy atom. The van der Waals surface area contributed by atoms with Crippen molar-refractivity contribution >= 4 is 17.6 Å². The zero-order valence-electron chi connectivity index (χ0n) is 20.4. The number of methoxy groups -OCH3 is 1. The van der Waals surface area contributed by atoms with Gasteiger partial charge in [0, 0.05) is 29.8 Å². The predicted molar refractivity (Wildman–Crippen MR) is 136 cm³/mol. The van der Waals surface area contributed by atoms with Crippen molar-refractivity contribution in [1.29, 1.82) is 0 Å². The van der Waals surface area contributed by atoms with E-state index in [1.54, 1.807) is 0 Å². The summed E-state index contributed by atoms with van der Waals surface area (Å²) in [6.07, 6.45) is 1.13. The highest BCUT2D eigenvalue weighted by Gasteiger charge is 2.25. The van der Waals surface area contributed by atoms with Gasteiger partial charge in [-0.3, -0.25) is 0 Å². The van der Waals surface area contributed by atoms with Crippen LogP contribution in [0.1, 0.15) is 34.4 Å². The van der Waals surface area contributed by atoms with Crippen LogP contribution in [0, 0.1) is 20.8 Å². The van der Waals surface area contributed by atoms with E-state index in [9.17, 15) is 4.79 Å². The van der Waals surface area contributed by atoms with E-state index in [-0.39, 0.29) is 5.97 Å². The molecular formula is C28H29ClN2O4. The summed E-state index contributed by atoms with van der Waals surface area (Å²) in [5.74, 6) is 1.87. The van der Waals surface area contributed by atoms with Crippen molar-refractivity contribution in [2.45, 2.75) is 39.7 Å². The first kappa shape index (κ1) is 24.6. The molecule has 4 rings (SSSR count). The molecule has 0 aliphatic carbocycles. The largest absolute Gasteiger partial charge is 0.493 e. The van der Waals surface area contributed by atoms with Gasteiger partial charge in [0.25, 0.3) is 0 Å². The van der Waals surface area contributed by atoms with Crippen LogP contribution >= 0.6 is 11.6 Å². The van der Waals surface area contributed by atoms with E-state index in [1.807, 2.05) is 86.0 Å². The van der Waals surface area contributed by atoms with Crippen LogP contribution in [0.3, 0.4) is 0 Å². The molecule has 0 spiro atoms. The summed E-state index contributed by atoms with van der Waals surface area (Å²) in [5, 5.41) is 0.637. The Morgan fingerprint density at radius 2 is 1.80 bits per heavy atom. The van der Waals surface area contributed by atoms with Crippen LogP contribution in [0.2, 0.25) is 5.02 Å². The number of esters is 1. The fourth-order valence-corrected chi connectivity index (χ4v) is 4.46. The van der Waals surface area contributed by atoms with E-state index in [0.29, 0.717) is 30.4 Å². The minimum absolute atomic E-state index is 0.304. The minimum atomic E-state index is -0.492. The molecular weight excluding hydrogens is 464 g/mol. The van der Waals surface area contributed by atoms with E-state index < -0.39 is 6.04 Å². The average molecular weight is 493 g/mol. The van der Waals surface area contributed by atoms with Gasteiger partial charge in [-0.1, -0.05) is 41.9 Å². The molecule has 2 aromatic carbocycles. The Hall–Kier alpha value is -3.51. The molecule has 0 radical (unpaired) electrons. The van der Waals surface area contributed by atoms with Crippen molar-refractivity contribution in [3.8, 4) is 17.2 Å². The molecule has 0 fully saturated rings. The zero-order valence-corrected chi connectivity index (χ0v) is 21.1. The first-order chi connectivity index (χ1) is 16.9. The van der Waals surface area contributed by atoms with E-state index in [2.05, 4.69) is 4.98 Å². The van der Waals surface area contributed by atoms with Crippen molar-refractivity contribution in [2.75, 3.05) is 13.7 Å². The van der Waals surface area contributed by atoms with Crippen LogP contribution in [0.15, 0.2) is 65.1 Å². The van der Waals surface area contributed by atoms with Crippen LogP contribution in [0.4, 0.5) is 0 Å². The molecule has 0 bridgehead atoms. The second kappa shape index (κ2) is 10.8. The highest BCUT2D eigenvalue weighted by Crippen LogP contribution is 2.28. The first-order valence-electron chi connectivity index (χ1n) is 11.5. The summed E-state index contributed by atoms with van der Waals surface area (Å²) in [4.78, 5) is 17.2. The second-order valence-corrected chi connectivity index (χ2v) is 8.87. The van der Waals surface area contributed by atoms with Crippen molar-refractivity contribution in [3.05, 3.63) is 94.1 Å². The second-order valence-electron chi connectivity index (χ2n) is 8.46. The Bertz CT molecular complexity index is 1290. The highest BCUT2D eigenvalue weighted by molar-refractivity contribution is 6.31. The number of oxazole rings is 1. The summed E-state index contributed by atoms with van der Waals surface area (Å²) in [6, 6.07) is 19.0. The molecule has 7 heteroatoms. The lowest BCUT2D eigenvalue weighted by Gasteiger charge is -2.21. The maximum atomic E-state index is 12.6. The van der Waals surface area contributed by atoms with E-state index in [4.69, 9.17) is 25.5 Å². The fourth-order valence-electron chi connectivity index (χ4n) is 4.21. The van der Waals surface area contributed by atoms with Gasteiger partial charge in [0.1, 0.15) is 17.6 Å². The summed E-state index contributed by atoms with van der Waals surface area (Å²) >= 11 is 6.29.